The molecule has 0 spiro atoms. The van der Waals surface area contributed by atoms with Crippen molar-refractivity contribution in [3.8, 4) is 0 Å². The van der Waals surface area contributed by atoms with Gasteiger partial charge in [0, 0.05) is 25.7 Å². The second-order valence-corrected chi connectivity index (χ2v) is 4.28. The lowest BCUT2D eigenvalue weighted by Gasteiger charge is -2.37. The smallest absolute Gasteiger partial charge is 0.225 e. The molecule has 1 atom stereocenters. The second kappa shape index (κ2) is 4.65. The minimum absolute atomic E-state index is 0.186. The second-order valence-electron chi connectivity index (χ2n) is 3.84. The highest BCUT2D eigenvalue weighted by molar-refractivity contribution is 6.30. The number of carbonyl (C=O) groups excluding carboxylic acids is 1. The van der Waals surface area contributed by atoms with Crippen molar-refractivity contribution >= 4 is 24.0 Å². The average Bonchev–Trinajstić information content (AvgIpc) is 2.30. The lowest BCUT2D eigenvalue weighted by molar-refractivity contribution is -0.120. The Morgan fingerprint density at radius 2 is 2.12 bits per heavy atom. The Kier molecular flexibility index (Phi) is 3.24. The van der Waals surface area contributed by atoms with Gasteiger partial charge in [0.2, 0.25) is 12.4 Å². The summed E-state index contributed by atoms with van der Waals surface area (Å²) in [5.41, 5.74) is 0. The molecule has 86 valence electrons. The number of piperazine rings is 1. The van der Waals surface area contributed by atoms with E-state index in [2.05, 4.69) is 14.9 Å². The van der Waals surface area contributed by atoms with Crippen LogP contribution in [0.1, 0.15) is 6.92 Å². The maximum atomic E-state index is 10.7. The average molecular weight is 241 g/mol. The summed E-state index contributed by atoms with van der Waals surface area (Å²) >= 11 is 5.73. The van der Waals surface area contributed by atoms with E-state index < -0.39 is 0 Å². The SMILES string of the molecule is C[C@@H]1CN(c2ncc(Cl)cn2)CCN1C=O. The summed E-state index contributed by atoms with van der Waals surface area (Å²) in [6, 6.07) is 0.186. The van der Waals surface area contributed by atoms with E-state index in [1.54, 1.807) is 17.3 Å². The summed E-state index contributed by atoms with van der Waals surface area (Å²) in [4.78, 5) is 22.9. The summed E-state index contributed by atoms with van der Waals surface area (Å²) in [6.07, 6.45) is 4.06. The van der Waals surface area contributed by atoms with Gasteiger partial charge in [-0.1, -0.05) is 11.6 Å². The Morgan fingerprint density at radius 1 is 1.44 bits per heavy atom. The van der Waals surface area contributed by atoms with Crippen LogP contribution in [0.3, 0.4) is 0 Å². The molecule has 2 heterocycles. The van der Waals surface area contributed by atoms with Gasteiger partial charge in [0.15, 0.2) is 0 Å². The van der Waals surface area contributed by atoms with Crippen molar-refractivity contribution < 1.29 is 4.79 Å². The Labute approximate surface area is 99.0 Å². The lowest BCUT2D eigenvalue weighted by atomic mass is 10.2. The molecule has 6 heteroatoms. The third kappa shape index (κ3) is 2.24. The first kappa shape index (κ1) is 11.1. The number of nitrogens with zero attached hydrogens (tertiary/aromatic N) is 4. The van der Waals surface area contributed by atoms with Crippen molar-refractivity contribution in [1.82, 2.24) is 14.9 Å². The van der Waals surface area contributed by atoms with Crippen molar-refractivity contribution in [2.24, 2.45) is 0 Å². The maximum absolute atomic E-state index is 10.7. The topological polar surface area (TPSA) is 49.3 Å². The Morgan fingerprint density at radius 3 is 2.69 bits per heavy atom. The normalized spacial score (nSPS) is 21.0. The van der Waals surface area contributed by atoms with Gasteiger partial charge in [-0.25, -0.2) is 9.97 Å². The molecule has 0 aromatic carbocycles. The Bertz CT molecular complexity index is 370. The van der Waals surface area contributed by atoms with E-state index in [-0.39, 0.29) is 6.04 Å². The number of anilines is 1. The number of halogens is 1. The molecule has 2 rings (SSSR count). The quantitative estimate of drug-likeness (QED) is 0.718. The van der Waals surface area contributed by atoms with Crippen LogP contribution in [-0.2, 0) is 4.79 Å². The standard InChI is InChI=1S/C10H13ClN4O/c1-8-6-14(2-3-15(8)7-16)10-12-4-9(11)5-13-10/h4-5,7-8H,2-3,6H2,1H3/t8-/m1/s1. The van der Waals surface area contributed by atoms with Gasteiger partial charge >= 0.3 is 0 Å². The minimum atomic E-state index is 0.186. The van der Waals surface area contributed by atoms with Crippen molar-refractivity contribution in [2.75, 3.05) is 24.5 Å². The predicted molar refractivity (Wildman–Crippen MR) is 61.5 cm³/mol. The van der Waals surface area contributed by atoms with Gasteiger partial charge in [0.1, 0.15) is 0 Å². The first-order valence-electron chi connectivity index (χ1n) is 5.14. The van der Waals surface area contributed by atoms with Gasteiger partial charge in [-0.15, -0.1) is 0 Å². The Hall–Kier alpha value is -1.36. The van der Waals surface area contributed by atoms with E-state index in [4.69, 9.17) is 11.6 Å². The number of amides is 1. The highest BCUT2D eigenvalue weighted by atomic mass is 35.5. The molecule has 1 aliphatic heterocycles. The van der Waals surface area contributed by atoms with E-state index in [1.807, 2.05) is 6.92 Å². The van der Waals surface area contributed by atoms with Gasteiger partial charge in [-0.3, -0.25) is 4.79 Å². The molecular weight excluding hydrogens is 228 g/mol. The zero-order chi connectivity index (χ0) is 11.5. The summed E-state index contributed by atoms with van der Waals surface area (Å²) in [6.45, 7) is 4.22. The molecule has 16 heavy (non-hydrogen) atoms. The number of carbonyl (C=O) groups is 1. The van der Waals surface area contributed by atoms with Crippen LogP contribution >= 0.6 is 11.6 Å². The summed E-state index contributed by atoms with van der Waals surface area (Å²) < 4.78 is 0. The molecule has 1 amide bonds. The van der Waals surface area contributed by atoms with E-state index in [0.717, 1.165) is 19.5 Å². The number of aromatic nitrogens is 2. The fraction of sp³-hybridized carbons (Fsp3) is 0.500. The first-order chi connectivity index (χ1) is 7.70. The molecule has 0 unspecified atom stereocenters. The first-order valence-corrected chi connectivity index (χ1v) is 5.52. The Balaban J connectivity index is 2.07. The van der Waals surface area contributed by atoms with Crippen LogP contribution in [-0.4, -0.2) is 47.0 Å². The number of rotatable bonds is 2. The van der Waals surface area contributed by atoms with Crippen LogP contribution in [0.15, 0.2) is 12.4 Å². The third-order valence-electron chi connectivity index (χ3n) is 2.70. The maximum Gasteiger partial charge on any atom is 0.225 e. The van der Waals surface area contributed by atoms with Gasteiger partial charge in [0.05, 0.1) is 17.4 Å². The molecule has 0 N–H and O–H groups in total. The van der Waals surface area contributed by atoms with E-state index in [1.165, 1.54) is 0 Å². The molecule has 5 nitrogen and oxygen atoms in total. The van der Waals surface area contributed by atoms with Crippen molar-refractivity contribution in [1.29, 1.82) is 0 Å². The predicted octanol–water partition coefficient (Wildman–Crippen LogP) is 0.797. The zero-order valence-corrected chi connectivity index (χ0v) is 9.76. The molecular formula is C10H13ClN4O. The number of hydrogen-bond acceptors (Lipinski definition) is 4. The van der Waals surface area contributed by atoms with Gasteiger partial charge in [-0.05, 0) is 6.92 Å². The number of hydrogen-bond donors (Lipinski definition) is 0. The molecule has 1 saturated heterocycles. The zero-order valence-electron chi connectivity index (χ0n) is 9.01. The minimum Gasteiger partial charge on any atom is -0.339 e. The molecule has 0 aliphatic carbocycles. The van der Waals surface area contributed by atoms with E-state index in [9.17, 15) is 4.79 Å². The lowest BCUT2D eigenvalue weighted by Crippen LogP contribution is -2.51. The van der Waals surface area contributed by atoms with E-state index >= 15 is 0 Å². The third-order valence-corrected chi connectivity index (χ3v) is 2.90. The summed E-state index contributed by atoms with van der Waals surface area (Å²) in [7, 11) is 0. The van der Waals surface area contributed by atoms with Crippen LogP contribution in [0, 0.1) is 0 Å². The van der Waals surface area contributed by atoms with E-state index in [0.29, 0.717) is 17.5 Å². The van der Waals surface area contributed by atoms with Crippen molar-refractivity contribution in [3.05, 3.63) is 17.4 Å². The summed E-state index contributed by atoms with van der Waals surface area (Å²) in [5, 5.41) is 0.531. The van der Waals surface area contributed by atoms with Crippen molar-refractivity contribution in [3.63, 3.8) is 0 Å². The van der Waals surface area contributed by atoms with Crippen LogP contribution in [0.2, 0.25) is 5.02 Å². The van der Waals surface area contributed by atoms with Crippen LogP contribution in [0.25, 0.3) is 0 Å². The van der Waals surface area contributed by atoms with Crippen molar-refractivity contribution in [2.45, 2.75) is 13.0 Å². The van der Waals surface area contributed by atoms with Crippen LogP contribution < -0.4 is 4.90 Å². The highest BCUT2D eigenvalue weighted by Gasteiger charge is 2.23. The van der Waals surface area contributed by atoms with Gasteiger partial charge in [0.25, 0.3) is 0 Å². The molecule has 0 bridgehead atoms. The molecule has 1 aliphatic rings. The molecule has 1 fully saturated rings. The van der Waals surface area contributed by atoms with Crippen LogP contribution in [0.5, 0.6) is 0 Å². The molecule has 1 aromatic heterocycles. The van der Waals surface area contributed by atoms with Gasteiger partial charge in [-0.2, -0.15) is 0 Å². The molecule has 0 saturated carbocycles. The fourth-order valence-corrected chi connectivity index (χ4v) is 1.88. The monoisotopic (exact) mass is 240 g/mol. The summed E-state index contributed by atoms with van der Waals surface area (Å²) in [5.74, 6) is 0.668. The largest absolute Gasteiger partial charge is 0.339 e. The van der Waals surface area contributed by atoms with Gasteiger partial charge < -0.3 is 9.80 Å². The molecule has 1 aromatic rings. The fourth-order valence-electron chi connectivity index (χ4n) is 1.78. The molecule has 0 radical (unpaired) electrons. The highest BCUT2D eigenvalue weighted by Crippen LogP contribution is 2.14. The van der Waals surface area contributed by atoms with Crippen LogP contribution in [0.4, 0.5) is 5.95 Å².